The molecule has 1 heterocycles. The van der Waals surface area contributed by atoms with Crippen LogP contribution in [0.3, 0.4) is 0 Å². The summed E-state index contributed by atoms with van der Waals surface area (Å²) in [5.74, 6) is -1.07. The van der Waals surface area contributed by atoms with Crippen LogP contribution in [-0.2, 0) is 6.54 Å². The standard InChI is InChI=1S/C14H10FNO3/c15-11-6-9-8-16(10-4-2-1-3-5-10)14(18)19-13(9)7-12(11)17/h1-7,17H,8H2. The molecule has 0 radical (unpaired) electrons. The van der Waals surface area contributed by atoms with Crippen LogP contribution in [0.4, 0.5) is 14.9 Å². The van der Waals surface area contributed by atoms with E-state index in [2.05, 4.69) is 0 Å². The third-order valence-corrected chi connectivity index (χ3v) is 2.94. The molecule has 5 heteroatoms. The van der Waals surface area contributed by atoms with Crippen LogP contribution >= 0.6 is 0 Å². The van der Waals surface area contributed by atoms with Crippen LogP contribution in [0, 0.1) is 5.82 Å². The minimum absolute atomic E-state index is 0.191. The summed E-state index contributed by atoms with van der Waals surface area (Å²) in [6.07, 6.45) is -0.551. The maximum Gasteiger partial charge on any atom is 0.420 e. The molecule has 0 unspecified atom stereocenters. The number of aromatic hydroxyl groups is 1. The maximum atomic E-state index is 13.3. The summed E-state index contributed by atoms with van der Waals surface area (Å²) >= 11 is 0. The van der Waals surface area contributed by atoms with E-state index in [9.17, 15) is 14.3 Å². The van der Waals surface area contributed by atoms with E-state index >= 15 is 0 Å². The van der Waals surface area contributed by atoms with Gasteiger partial charge in [0.1, 0.15) is 5.75 Å². The number of ether oxygens (including phenoxy) is 1. The molecule has 2 aromatic rings. The molecule has 1 amide bonds. The van der Waals surface area contributed by atoms with Crippen LogP contribution in [0.25, 0.3) is 0 Å². The van der Waals surface area contributed by atoms with Gasteiger partial charge < -0.3 is 9.84 Å². The third-order valence-electron chi connectivity index (χ3n) is 2.94. The Bertz CT molecular complexity index is 643. The second-order valence-corrected chi connectivity index (χ2v) is 4.20. The highest BCUT2D eigenvalue weighted by molar-refractivity contribution is 5.91. The highest BCUT2D eigenvalue weighted by Crippen LogP contribution is 2.33. The predicted molar refractivity (Wildman–Crippen MR) is 66.7 cm³/mol. The summed E-state index contributed by atoms with van der Waals surface area (Å²) < 4.78 is 18.4. The number of fused-ring (bicyclic) bond motifs is 1. The molecule has 0 aliphatic carbocycles. The van der Waals surface area contributed by atoms with Crippen molar-refractivity contribution in [2.75, 3.05) is 4.90 Å². The number of nitrogens with zero attached hydrogens (tertiary/aromatic N) is 1. The van der Waals surface area contributed by atoms with E-state index in [0.29, 0.717) is 11.3 Å². The van der Waals surface area contributed by atoms with E-state index in [1.165, 1.54) is 11.0 Å². The van der Waals surface area contributed by atoms with Gasteiger partial charge in [0.25, 0.3) is 0 Å². The second-order valence-electron chi connectivity index (χ2n) is 4.20. The van der Waals surface area contributed by atoms with Crippen molar-refractivity contribution in [2.24, 2.45) is 0 Å². The molecule has 0 spiro atoms. The maximum absolute atomic E-state index is 13.3. The van der Waals surface area contributed by atoms with Crippen LogP contribution in [0.1, 0.15) is 5.56 Å². The van der Waals surface area contributed by atoms with Gasteiger partial charge in [0.15, 0.2) is 11.6 Å². The second kappa shape index (κ2) is 4.28. The highest BCUT2D eigenvalue weighted by Gasteiger charge is 2.27. The van der Waals surface area contributed by atoms with Gasteiger partial charge in [-0.3, -0.25) is 4.90 Å². The minimum Gasteiger partial charge on any atom is -0.505 e. The lowest BCUT2D eigenvalue weighted by atomic mass is 10.1. The van der Waals surface area contributed by atoms with Crippen molar-refractivity contribution < 1.29 is 19.0 Å². The lowest BCUT2D eigenvalue weighted by molar-refractivity contribution is 0.202. The van der Waals surface area contributed by atoms with Gasteiger partial charge in [0.05, 0.1) is 6.54 Å². The first kappa shape index (κ1) is 11.5. The number of hydrogen-bond acceptors (Lipinski definition) is 3. The fraction of sp³-hybridized carbons (Fsp3) is 0.0714. The predicted octanol–water partition coefficient (Wildman–Crippen LogP) is 3.05. The monoisotopic (exact) mass is 259 g/mol. The first-order chi connectivity index (χ1) is 9.15. The smallest absolute Gasteiger partial charge is 0.420 e. The van der Waals surface area contributed by atoms with E-state index in [1.54, 1.807) is 24.3 Å². The fourth-order valence-corrected chi connectivity index (χ4v) is 1.99. The Balaban J connectivity index is 2.00. The lowest BCUT2D eigenvalue weighted by Crippen LogP contribution is -2.37. The van der Waals surface area contributed by atoms with Gasteiger partial charge in [-0.2, -0.15) is 0 Å². The molecule has 4 nitrogen and oxygen atoms in total. The quantitative estimate of drug-likeness (QED) is 0.856. The van der Waals surface area contributed by atoms with Crippen molar-refractivity contribution in [3.8, 4) is 11.5 Å². The summed E-state index contributed by atoms with van der Waals surface area (Å²) in [6.45, 7) is 0.204. The van der Waals surface area contributed by atoms with Gasteiger partial charge in [0.2, 0.25) is 0 Å². The Hall–Kier alpha value is -2.56. The van der Waals surface area contributed by atoms with Crippen LogP contribution in [-0.4, -0.2) is 11.2 Å². The molecule has 19 heavy (non-hydrogen) atoms. The Morgan fingerprint density at radius 1 is 1.21 bits per heavy atom. The Labute approximate surface area is 108 Å². The van der Waals surface area contributed by atoms with E-state index in [-0.39, 0.29) is 12.3 Å². The highest BCUT2D eigenvalue weighted by atomic mass is 19.1. The van der Waals surface area contributed by atoms with Gasteiger partial charge >= 0.3 is 6.09 Å². The van der Waals surface area contributed by atoms with Crippen molar-refractivity contribution in [3.05, 3.63) is 53.8 Å². The van der Waals surface area contributed by atoms with Gasteiger partial charge in [-0.15, -0.1) is 0 Å². The van der Waals surface area contributed by atoms with Crippen molar-refractivity contribution in [2.45, 2.75) is 6.54 Å². The molecule has 0 atom stereocenters. The zero-order valence-electron chi connectivity index (χ0n) is 9.84. The van der Waals surface area contributed by atoms with Crippen LogP contribution in [0.15, 0.2) is 42.5 Å². The lowest BCUT2D eigenvalue weighted by Gasteiger charge is -2.28. The number of para-hydroxylation sites is 1. The van der Waals surface area contributed by atoms with E-state index in [0.717, 1.165) is 6.07 Å². The zero-order valence-corrected chi connectivity index (χ0v) is 9.84. The molecule has 0 saturated heterocycles. The van der Waals surface area contributed by atoms with Gasteiger partial charge in [-0.05, 0) is 18.2 Å². The number of carbonyl (C=O) groups is 1. The Morgan fingerprint density at radius 2 is 1.95 bits per heavy atom. The number of phenols is 1. The third kappa shape index (κ3) is 1.99. The summed E-state index contributed by atoms with van der Waals surface area (Å²) in [5.41, 5.74) is 1.19. The van der Waals surface area contributed by atoms with Gasteiger partial charge in [-0.1, -0.05) is 18.2 Å². The molecule has 0 bridgehead atoms. The molecule has 0 saturated carbocycles. The number of hydrogen-bond donors (Lipinski definition) is 1. The zero-order chi connectivity index (χ0) is 13.4. The summed E-state index contributed by atoms with van der Waals surface area (Å²) in [7, 11) is 0. The van der Waals surface area contributed by atoms with E-state index in [4.69, 9.17) is 4.74 Å². The SMILES string of the molecule is O=C1Oc2cc(O)c(F)cc2CN1c1ccccc1. The number of halogens is 1. The minimum atomic E-state index is -0.732. The van der Waals surface area contributed by atoms with E-state index < -0.39 is 17.7 Å². The van der Waals surface area contributed by atoms with Crippen molar-refractivity contribution in [1.29, 1.82) is 0 Å². The molecule has 1 aliphatic rings. The summed E-state index contributed by atoms with van der Waals surface area (Å²) in [5, 5.41) is 9.26. The molecule has 3 rings (SSSR count). The molecule has 1 N–H and O–H groups in total. The molecular formula is C14H10FNO3. The first-order valence-electron chi connectivity index (χ1n) is 5.71. The molecule has 0 aromatic heterocycles. The number of amides is 1. The largest absolute Gasteiger partial charge is 0.505 e. The Kier molecular flexibility index (Phi) is 2.59. The summed E-state index contributed by atoms with van der Waals surface area (Å²) in [4.78, 5) is 13.3. The normalized spacial score (nSPS) is 13.9. The topological polar surface area (TPSA) is 49.8 Å². The summed E-state index contributed by atoms with van der Waals surface area (Å²) in [6, 6.07) is 11.3. The molecule has 1 aliphatic heterocycles. The number of rotatable bonds is 1. The molecule has 96 valence electrons. The van der Waals surface area contributed by atoms with E-state index in [1.807, 2.05) is 6.07 Å². The van der Waals surface area contributed by atoms with Crippen LogP contribution < -0.4 is 9.64 Å². The fourth-order valence-electron chi connectivity index (χ4n) is 1.99. The number of anilines is 1. The van der Waals surface area contributed by atoms with Crippen LogP contribution in [0.5, 0.6) is 11.5 Å². The van der Waals surface area contributed by atoms with Gasteiger partial charge in [0, 0.05) is 17.3 Å². The Morgan fingerprint density at radius 3 is 2.68 bits per heavy atom. The van der Waals surface area contributed by atoms with Gasteiger partial charge in [-0.25, -0.2) is 9.18 Å². The van der Waals surface area contributed by atoms with Crippen molar-refractivity contribution in [1.82, 2.24) is 0 Å². The molecular weight excluding hydrogens is 249 g/mol. The number of carbonyl (C=O) groups excluding carboxylic acids is 1. The number of benzene rings is 2. The first-order valence-corrected chi connectivity index (χ1v) is 5.71. The average Bonchev–Trinajstić information content (AvgIpc) is 2.41. The van der Waals surface area contributed by atoms with Crippen molar-refractivity contribution >= 4 is 11.8 Å². The average molecular weight is 259 g/mol. The molecule has 0 fully saturated rings. The van der Waals surface area contributed by atoms with Crippen molar-refractivity contribution in [3.63, 3.8) is 0 Å². The van der Waals surface area contributed by atoms with Crippen LogP contribution in [0.2, 0.25) is 0 Å². The number of phenolic OH excluding ortho intramolecular Hbond substituents is 1. The molecule has 2 aromatic carbocycles.